The van der Waals surface area contributed by atoms with E-state index in [9.17, 15) is 0 Å². The number of benzene rings is 3. The van der Waals surface area contributed by atoms with Crippen LogP contribution in [0.1, 0.15) is 37.8 Å². The summed E-state index contributed by atoms with van der Waals surface area (Å²) >= 11 is 0. The summed E-state index contributed by atoms with van der Waals surface area (Å²) in [6, 6.07) is 24.3. The van der Waals surface area contributed by atoms with Crippen LogP contribution in [0, 0.1) is 0 Å². The van der Waals surface area contributed by atoms with E-state index in [2.05, 4.69) is 38.1 Å². The molecular formula is C24H26O2. The number of rotatable bonds is 8. The normalized spacial score (nSPS) is 10.5. The van der Waals surface area contributed by atoms with E-state index in [1.165, 1.54) is 11.1 Å². The standard InChI is InChI=1S/C24H26O2/c1-3-5-19-7-11-21(12-8-19)25-23-15-17-24(18-16-23)26-22-13-9-20(6-4-2)10-14-22/h7-18H,3-6H2,1-2H3. The van der Waals surface area contributed by atoms with Crippen molar-refractivity contribution in [1.29, 1.82) is 0 Å². The third kappa shape index (κ3) is 5.13. The van der Waals surface area contributed by atoms with Crippen molar-refractivity contribution in [3.05, 3.63) is 83.9 Å². The summed E-state index contributed by atoms with van der Waals surface area (Å²) in [4.78, 5) is 0. The third-order valence-electron chi connectivity index (χ3n) is 4.22. The van der Waals surface area contributed by atoms with Crippen molar-refractivity contribution in [2.75, 3.05) is 0 Å². The molecule has 0 amide bonds. The molecule has 0 aliphatic rings. The lowest BCUT2D eigenvalue weighted by Gasteiger charge is -2.09. The Morgan fingerprint density at radius 2 is 0.731 bits per heavy atom. The second-order valence-electron chi connectivity index (χ2n) is 6.46. The first-order valence-corrected chi connectivity index (χ1v) is 9.40. The molecule has 0 fully saturated rings. The molecule has 0 N–H and O–H groups in total. The van der Waals surface area contributed by atoms with E-state index in [-0.39, 0.29) is 0 Å². The second kappa shape index (κ2) is 9.10. The first-order valence-electron chi connectivity index (χ1n) is 9.40. The molecule has 0 heterocycles. The van der Waals surface area contributed by atoms with Crippen molar-refractivity contribution in [3.8, 4) is 23.0 Å². The highest BCUT2D eigenvalue weighted by Gasteiger charge is 2.01. The monoisotopic (exact) mass is 346 g/mol. The Morgan fingerprint density at radius 1 is 0.462 bits per heavy atom. The van der Waals surface area contributed by atoms with Crippen molar-refractivity contribution >= 4 is 0 Å². The Kier molecular flexibility index (Phi) is 6.32. The molecule has 2 heteroatoms. The molecule has 2 nitrogen and oxygen atoms in total. The minimum Gasteiger partial charge on any atom is -0.457 e. The summed E-state index contributed by atoms with van der Waals surface area (Å²) in [6.07, 6.45) is 4.52. The van der Waals surface area contributed by atoms with Gasteiger partial charge in [-0.3, -0.25) is 0 Å². The molecule has 0 atom stereocenters. The van der Waals surface area contributed by atoms with E-state index < -0.39 is 0 Å². The fraction of sp³-hybridized carbons (Fsp3) is 0.250. The van der Waals surface area contributed by atoms with Crippen LogP contribution in [0.4, 0.5) is 0 Å². The number of ether oxygens (including phenoxy) is 2. The van der Waals surface area contributed by atoms with E-state index in [0.717, 1.165) is 48.7 Å². The molecule has 0 aliphatic carbocycles. The lowest BCUT2D eigenvalue weighted by molar-refractivity contribution is 0.469. The van der Waals surface area contributed by atoms with Gasteiger partial charge in [-0.15, -0.1) is 0 Å². The fourth-order valence-corrected chi connectivity index (χ4v) is 2.87. The largest absolute Gasteiger partial charge is 0.457 e. The SMILES string of the molecule is CCCc1ccc(Oc2ccc(Oc3ccc(CCC)cc3)cc2)cc1. The van der Waals surface area contributed by atoms with Crippen LogP contribution >= 0.6 is 0 Å². The maximum Gasteiger partial charge on any atom is 0.127 e. The van der Waals surface area contributed by atoms with Crippen LogP contribution in [-0.2, 0) is 12.8 Å². The van der Waals surface area contributed by atoms with Crippen LogP contribution in [0.5, 0.6) is 23.0 Å². The van der Waals surface area contributed by atoms with Gasteiger partial charge in [-0.2, -0.15) is 0 Å². The molecule has 134 valence electrons. The van der Waals surface area contributed by atoms with Crippen LogP contribution in [-0.4, -0.2) is 0 Å². The van der Waals surface area contributed by atoms with Crippen molar-refractivity contribution in [1.82, 2.24) is 0 Å². The number of hydrogen-bond acceptors (Lipinski definition) is 2. The molecule has 0 bridgehead atoms. The first-order chi connectivity index (χ1) is 12.8. The molecule has 0 aliphatic heterocycles. The van der Waals surface area contributed by atoms with E-state index in [1.54, 1.807) is 0 Å². The van der Waals surface area contributed by atoms with Crippen molar-refractivity contribution in [2.45, 2.75) is 39.5 Å². The summed E-state index contributed by atoms with van der Waals surface area (Å²) in [7, 11) is 0. The average molecular weight is 346 g/mol. The van der Waals surface area contributed by atoms with Gasteiger partial charge in [0.05, 0.1) is 0 Å². The molecule has 0 aromatic heterocycles. The van der Waals surface area contributed by atoms with Gasteiger partial charge in [0.15, 0.2) is 0 Å². The maximum atomic E-state index is 5.90. The molecule has 0 radical (unpaired) electrons. The van der Waals surface area contributed by atoms with E-state index in [4.69, 9.17) is 9.47 Å². The van der Waals surface area contributed by atoms with Gasteiger partial charge in [0.1, 0.15) is 23.0 Å². The zero-order valence-corrected chi connectivity index (χ0v) is 15.6. The molecule has 0 saturated heterocycles. The summed E-state index contributed by atoms with van der Waals surface area (Å²) in [6.45, 7) is 4.38. The first kappa shape index (κ1) is 18.1. The topological polar surface area (TPSA) is 18.5 Å². The quantitative estimate of drug-likeness (QED) is 0.430. The van der Waals surface area contributed by atoms with Gasteiger partial charge < -0.3 is 9.47 Å². The maximum absolute atomic E-state index is 5.90. The van der Waals surface area contributed by atoms with Crippen LogP contribution in [0.3, 0.4) is 0 Å². The Balaban J connectivity index is 1.59. The highest BCUT2D eigenvalue weighted by atomic mass is 16.5. The Bertz CT molecular complexity index is 717. The molecule has 0 saturated carbocycles. The molecule has 0 spiro atoms. The van der Waals surface area contributed by atoms with E-state index in [1.807, 2.05) is 48.5 Å². The molecule has 3 aromatic carbocycles. The smallest absolute Gasteiger partial charge is 0.127 e. The van der Waals surface area contributed by atoms with Crippen LogP contribution < -0.4 is 9.47 Å². The Hall–Kier alpha value is -2.74. The summed E-state index contributed by atoms with van der Waals surface area (Å²) in [5.41, 5.74) is 2.68. The van der Waals surface area contributed by atoms with Gasteiger partial charge in [-0.1, -0.05) is 51.0 Å². The van der Waals surface area contributed by atoms with Crippen molar-refractivity contribution < 1.29 is 9.47 Å². The summed E-state index contributed by atoms with van der Waals surface area (Å²) < 4.78 is 11.8. The number of aryl methyl sites for hydroxylation is 2. The predicted molar refractivity (Wildman–Crippen MR) is 107 cm³/mol. The second-order valence-corrected chi connectivity index (χ2v) is 6.46. The van der Waals surface area contributed by atoms with Crippen LogP contribution in [0.25, 0.3) is 0 Å². The van der Waals surface area contributed by atoms with Gasteiger partial charge in [-0.25, -0.2) is 0 Å². The van der Waals surface area contributed by atoms with Gasteiger partial charge in [-0.05, 0) is 72.5 Å². The summed E-state index contributed by atoms with van der Waals surface area (Å²) in [5.74, 6) is 3.31. The minimum absolute atomic E-state index is 0.805. The van der Waals surface area contributed by atoms with Gasteiger partial charge in [0, 0.05) is 0 Å². The Morgan fingerprint density at radius 3 is 1.00 bits per heavy atom. The zero-order valence-electron chi connectivity index (χ0n) is 15.6. The fourth-order valence-electron chi connectivity index (χ4n) is 2.87. The molecule has 0 unspecified atom stereocenters. The van der Waals surface area contributed by atoms with Crippen LogP contribution in [0.15, 0.2) is 72.8 Å². The third-order valence-corrected chi connectivity index (χ3v) is 4.22. The van der Waals surface area contributed by atoms with Gasteiger partial charge in [0.2, 0.25) is 0 Å². The Labute approximate surface area is 156 Å². The lowest BCUT2D eigenvalue weighted by Crippen LogP contribution is -1.88. The number of hydrogen-bond donors (Lipinski definition) is 0. The molecule has 26 heavy (non-hydrogen) atoms. The van der Waals surface area contributed by atoms with Crippen molar-refractivity contribution in [3.63, 3.8) is 0 Å². The van der Waals surface area contributed by atoms with Crippen LogP contribution in [0.2, 0.25) is 0 Å². The summed E-state index contributed by atoms with van der Waals surface area (Å²) in [5, 5.41) is 0. The molecule has 3 aromatic rings. The molecule has 3 rings (SSSR count). The lowest BCUT2D eigenvalue weighted by atomic mass is 10.1. The zero-order chi connectivity index (χ0) is 18.2. The minimum atomic E-state index is 0.805. The average Bonchev–Trinajstić information content (AvgIpc) is 2.67. The predicted octanol–water partition coefficient (Wildman–Crippen LogP) is 7.18. The molecular weight excluding hydrogens is 320 g/mol. The highest BCUT2D eigenvalue weighted by molar-refractivity contribution is 5.38. The van der Waals surface area contributed by atoms with Gasteiger partial charge >= 0.3 is 0 Å². The van der Waals surface area contributed by atoms with Gasteiger partial charge in [0.25, 0.3) is 0 Å². The highest BCUT2D eigenvalue weighted by Crippen LogP contribution is 2.27. The van der Waals surface area contributed by atoms with E-state index in [0.29, 0.717) is 0 Å². The van der Waals surface area contributed by atoms with Crippen molar-refractivity contribution in [2.24, 2.45) is 0 Å². The van der Waals surface area contributed by atoms with E-state index >= 15 is 0 Å².